The standard InChI is InChI=1S/C22H36N4O2.HI/c1-5-23-21(26-10-9-19(16-26)25-11-13-28-14-12-25)24-17-22(2,3)18-7-6-8-20(15-18)27-4;/h6-8,15,19H,5,9-14,16-17H2,1-4H3,(H,23,24);1H. The van der Waals surface area contributed by atoms with E-state index in [2.05, 4.69) is 54.1 Å². The Balaban J connectivity index is 0.00000300. The Labute approximate surface area is 193 Å². The zero-order valence-corrected chi connectivity index (χ0v) is 20.6. The summed E-state index contributed by atoms with van der Waals surface area (Å²) in [5.74, 6) is 1.93. The molecule has 2 aliphatic rings. The summed E-state index contributed by atoms with van der Waals surface area (Å²) in [7, 11) is 1.71. The average molecular weight is 516 g/mol. The van der Waals surface area contributed by atoms with E-state index in [1.54, 1.807) is 7.11 Å². The van der Waals surface area contributed by atoms with Crippen molar-refractivity contribution in [1.29, 1.82) is 0 Å². The Morgan fingerprint density at radius 2 is 2.03 bits per heavy atom. The molecular weight excluding hydrogens is 479 g/mol. The Morgan fingerprint density at radius 3 is 2.72 bits per heavy atom. The van der Waals surface area contributed by atoms with E-state index in [0.717, 1.165) is 64.2 Å². The number of rotatable bonds is 6. The molecule has 29 heavy (non-hydrogen) atoms. The lowest BCUT2D eigenvalue weighted by Gasteiger charge is -2.32. The first kappa shape index (κ1) is 24.2. The predicted molar refractivity (Wildman–Crippen MR) is 130 cm³/mol. The highest BCUT2D eigenvalue weighted by atomic mass is 127. The van der Waals surface area contributed by atoms with Crippen molar-refractivity contribution in [3.05, 3.63) is 29.8 Å². The number of ether oxygens (including phenoxy) is 2. The van der Waals surface area contributed by atoms with Crippen molar-refractivity contribution in [3.63, 3.8) is 0 Å². The molecule has 7 heteroatoms. The lowest BCUT2D eigenvalue weighted by Crippen LogP contribution is -2.47. The molecule has 0 radical (unpaired) electrons. The van der Waals surface area contributed by atoms with Crippen LogP contribution in [-0.2, 0) is 10.2 Å². The van der Waals surface area contributed by atoms with E-state index in [1.165, 1.54) is 12.0 Å². The number of benzene rings is 1. The molecule has 0 amide bonds. The molecule has 2 saturated heterocycles. The van der Waals surface area contributed by atoms with Crippen LogP contribution in [0.5, 0.6) is 5.75 Å². The molecule has 0 aromatic heterocycles. The van der Waals surface area contributed by atoms with E-state index in [4.69, 9.17) is 14.5 Å². The van der Waals surface area contributed by atoms with E-state index in [0.29, 0.717) is 6.04 Å². The van der Waals surface area contributed by atoms with Gasteiger partial charge in [-0.3, -0.25) is 9.89 Å². The minimum atomic E-state index is -0.0570. The van der Waals surface area contributed by atoms with Crippen LogP contribution in [0.3, 0.4) is 0 Å². The van der Waals surface area contributed by atoms with Crippen molar-refractivity contribution >= 4 is 29.9 Å². The summed E-state index contributed by atoms with van der Waals surface area (Å²) < 4.78 is 10.9. The fraction of sp³-hybridized carbons (Fsp3) is 0.682. The van der Waals surface area contributed by atoms with Crippen LogP contribution in [0.1, 0.15) is 32.8 Å². The van der Waals surface area contributed by atoms with Gasteiger partial charge in [-0.1, -0.05) is 26.0 Å². The van der Waals surface area contributed by atoms with E-state index in [9.17, 15) is 0 Å². The first-order valence-electron chi connectivity index (χ1n) is 10.5. The predicted octanol–water partition coefficient (Wildman–Crippen LogP) is 2.96. The zero-order valence-electron chi connectivity index (χ0n) is 18.3. The molecule has 2 fully saturated rings. The second kappa shape index (κ2) is 11.4. The highest BCUT2D eigenvalue weighted by molar-refractivity contribution is 14.0. The molecule has 1 aromatic rings. The van der Waals surface area contributed by atoms with Crippen LogP contribution in [0, 0.1) is 0 Å². The van der Waals surface area contributed by atoms with Gasteiger partial charge in [0, 0.05) is 44.2 Å². The molecule has 6 nitrogen and oxygen atoms in total. The number of aliphatic imine (C=N–C) groups is 1. The fourth-order valence-electron chi connectivity index (χ4n) is 4.01. The maximum Gasteiger partial charge on any atom is 0.193 e. The van der Waals surface area contributed by atoms with Crippen LogP contribution in [0.4, 0.5) is 0 Å². The second-order valence-corrected chi connectivity index (χ2v) is 8.32. The monoisotopic (exact) mass is 516 g/mol. The molecular formula is C22H37IN4O2. The van der Waals surface area contributed by atoms with E-state index >= 15 is 0 Å². The average Bonchev–Trinajstić information content (AvgIpc) is 3.22. The Morgan fingerprint density at radius 1 is 1.28 bits per heavy atom. The molecule has 1 unspecified atom stereocenters. The first-order valence-corrected chi connectivity index (χ1v) is 10.5. The lowest BCUT2D eigenvalue weighted by molar-refractivity contribution is 0.0195. The van der Waals surface area contributed by atoms with Crippen molar-refractivity contribution in [2.24, 2.45) is 4.99 Å². The molecule has 2 aliphatic heterocycles. The Bertz CT molecular complexity index is 662. The number of guanidine groups is 1. The van der Waals surface area contributed by atoms with Crippen molar-refractivity contribution in [2.75, 3.05) is 59.6 Å². The van der Waals surface area contributed by atoms with Gasteiger partial charge in [0.05, 0.1) is 26.9 Å². The van der Waals surface area contributed by atoms with Crippen molar-refractivity contribution in [2.45, 2.75) is 38.6 Å². The number of hydrogen-bond donors (Lipinski definition) is 1. The summed E-state index contributed by atoms with van der Waals surface area (Å²) in [4.78, 5) is 10.0. The summed E-state index contributed by atoms with van der Waals surface area (Å²) in [6.07, 6.45) is 1.20. The molecule has 2 heterocycles. The number of nitrogens with one attached hydrogen (secondary N) is 1. The van der Waals surface area contributed by atoms with Gasteiger partial charge in [-0.05, 0) is 31.0 Å². The van der Waals surface area contributed by atoms with Crippen molar-refractivity contribution in [3.8, 4) is 5.75 Å². The van der Waals surface area contributed by atoms with Crippen LogP contribution in [0.15, 0.2) is 29.3 Å². The van der Waals surface area contributed by atoms with Gasteiger partial charge in [-0.25, -0.2) is 0 Å². The molecule has 0 saturated carbocycles. The molecule has 0 bridgehead atoms. The van der Waals surface area contributed by atoms with Crippen molar-refractivity contribution < 1.29 is 9.47 Å². The molecule has 0 spiro atoms. The summed E-state index contributed by atoms with van der Waals surface area (Å²) in [6, 6.07) is 8.93. The van der Waals surface area contributed by atoms with Gasteiger partial charge in [0.2, 0.25) is 0 Å². The summed E-state index contributed by atoms with van der Waals surface area (Å²) in [5, 5.41) is 3.50. The van der Waals surface area contributed by atoms with E-state index in [-0.39, 0.29) is 29.4 Å². The molecule has 164 valence electrons. The number of morpholine rings is 1. The quantitative estimate of drug-likeness (QED) is 0.358. The van der Waals surface area contributed by atoms with Gasteiger partial charge in [-0.2, -0.15) is 0 Å². The maximum atomic E-state index is 5.51. The van der Waals surface area contributed by atoms with Gasteiger partial charge in [0.25, 0.3) is 0 Å². The minimum Gasteiger partial charge on any atom is -0.497 e. The molecule has 0 aliphatic carbocycles. The first-order chi connectivity index (χ1) is 13.5. The molecule has 1 N–H and O–H groups in total. The number of nitrogens with zero attached hydrogens (tertiary/aromatic N) is 3. The van der Waals surface area contributed by atoms with Crippen LogP contribution < -0.4 is 10.1 Å². The molecule has 3 rings (SSSR count). The molecule has 1 aromatic carbocycles. The highest BCUT2D eigenvalue weighted by Crippen LogP contribution is 2.27. The third kappa shape index (κ3) is 6.46. The maximum absolute atomic E-state index is 5.51. The molecule has 1 atom stereocenters. The topological polar surface area (TPSA) is 49.3 Å². The lowest BCUT2D eigenvalue weighted by atomic mass is 9.84. The fourth-order valence-corrected chi connectivity index (χ4v) is 4.01. The summed E-state index contributed by atoms with van der Waals surface area (Å²) in [5.41, 5.74) is 1.19. The van der Waals surface area contributed by atoms with Crippen LogP contribution in [-0.4, -0.2) is 81.4 Å². The van der Waals surface area contributed by atoms with E-state index < -0.39 is 0 Å². The summed E-state index contributed by atoms with van der Waals surface area (Å²) in [6.45, 7) is 14.2. The number of methoxy groups -OCH3 is 1. The normalized spacial score (nSPS) is 21.0. The third-order valence-corrected chi connectivity index (χ3v) is 5.84. The largest absolute Gasteiger partial charge is 0.497 e. The third-order valence-electron chi connectivity index (χ3n) is 5.84. The van der Waals surface area contributed by atoms with Gasteiger partial charge in [0.15, 0.2) is 5.96 Å². The second-order valence-electron chi connectivity index (χ2n) is 8.32. The van der Waals surface area contributed by atoms with Gasteiger partial charge >= 0.3 is 0 Å². The SMILES string of the molecule is CCNC(=NCC(C)(C)c1cccc(OC)c1)N1CCC(N2CCOCC2)C1.I. The van der Waals surface area contributed by atoms with Gasteiger partial charge in [0.1, 0.15) is 5.75 Å². The van der Waals surface area contributed by atoms with Crippen LogP contribution in [0.2, 0.25) is 0 Å². The number of likely N-dealkylation sites (tertiary alicyclic amines) is 1. The minimum absolute atomic E-state index is 0. The van der Waals surface area contributed by atoms with Gasteiger partial charge < -0.3 is 19.7 Å². The Kier molecular flexibility index (Phi) is 9.49. The number of halogens is 1. The highest BCUT2D eigenvalue weighted by Gasteiger charge is 2.30. The Hall–Kier alpha value is -1.06. The van der Waals surface area contributed by atoms with E-state index in [1.807, 2.05) is 6.07 Å². The number of hydrogen-bond acceptors (Lipinski definition) is 4. The van der Waals surface area contributed by atoms with Crippen molar-refractivity contribution in [1.82, 2.24) is 15.1 Å². The van der Waals surface area contributed by atoms with Crippen LogP contribution >= 0.6 is 24.0 Å². The van der Waals surface area contributed by atoms with Gasteiger partial charge in [-0.15, -0.1) is 24.0 Å². The summed E-state index contributed by atoms with van der Waals surface area (Å²) >= 11 is 0. The van der Waals surface area contributed by atoms with Crippen LogP contribution in [0.25, 0.3) is 0 Å². The zero-order chi connectivity index (χ0) is 20.0. The smallest absolute Gasteiger partial charge is 0.193 e.